The standard InChI is InChI=1S/C20H27N5O3/c1-3-18-21-11-16(17-10-14(2)23-28-17)20(22-18)15-4-5-24(12-15)13-19(26)25-6-8-27-9-7-25/h10-11,15H,3-9,12-13H2,1-2H3. The normalized spacial score (nSPS) is 20.6. The number of aryl methyl sites for hydroxylation is 2. The predicted molar refractivity (Wildman–Crippen MR) is 103 cm³/mol. The number of ether oxygens (including phenoxy) is 1. The minimum absolute atomic E-state index is 0.187. The van der Waals surface area contributed by atoms with Crippen LogP contribution in [0.25, 0.3) is 11.3 Å². The molecule has 28 heavy (non-hydrogen) atoms. The van der Waals surface area contributed by atoms with Crippen LogP contribution < -0.4 is 0 Å². The summed E-state index contributed by atoms with van der Waals surface area (Å²) in [6.07, 6.45) is 3.61. The summed E-state index contributed by atoms with van der Waals surface area (Å²) in [5, 5.41) is 4.01. The Morgan fingerprint density at radius 1 is 1.29 bits per heavy atom. The van der Waals surface area contributed by atoms with Gasteiger partial charge in [0.25, 0.3) is 0 Å². The summed E-state index contributed by atoms with van der Waals surface area (Å²) >= 11 is 0. The van der Waals surface area contributed by atoms with Gasteiger partial charge in [0.2, 0.25) is 5.91 Å². The van der Waals surface area contributed by atoms with E-state index in [0.29, 0.717) is 38.6 Å². The lowest BCUT2D eigenvalue weighted by atomic mass is 9.98. The van der Waals surface area contributed by atoms with Gasteiger partial charge in [-0.2, -0.15) is 0 Å². The van der Waals surface area contributed by atoms with Crippen molar-refractivity contribution in [2.45, 2.75) is 32.6 Å². The number of carbonyl (C=O) groups excluding carboxylic acids is 1. The second-order valence-electron chi connectivity index (χ2n) is 7.49. The molecule has 2 aromatic heterocycles. The monoisotopic (exact) mass is 385 g/mol. The first kappa shape index (κ1) is 19.0. The molecule has 8 heteroatoms. The van der Waals surface area contributed by atoms with Gasteiger partial charge in [-0.3, -0.25) is 9.69 Å². The van der Waals surface area contributed by atoms with E-state index >= 15 is 0 Å². The van der Waals surface area contributed by atoms with Crippen molar-refractivity contribution in [1.29, 1.82) is 0 Å². The van der Waals surface area contributed by atoms with Crippen LogP contribution in [0.3, 0.4) is 0 Å². The van der Waals surface area contributed by atoms with Crippen molar-refractivity contribution in [2.75, 3.05) is 45.9 Å². The Morgan fingerprint density at radius 3 is 2.82 bits per heavy atom. The Labute approximate surface area is 164 Å². The van der Waals surface area contributed by atoms with E-state index in [4.69, 9.17) is 14.2 Å². The number of carbonyl (C=O) groups is 1. The molecule has 2 aromatic rings. The summed E-state index contributed by atoms with van der Waals surface area (Å²) in [6.45, 7) is 8.77. The SMILES string of the molecule is CCc1ncc(-c2cc(C)no2)c(C2CCN(CC(=O)N3CCOCC3)C2)n1. The summed E-state index contributed by atoms with van der Waals surface area (Å²) in [5.74, 6) is 1.98. The molecule has 2 saturated heterocycles. The van der Waals surface area contributed by atoms with Gasteiger partial charge in [0.1, 0.15) is 5.82 Å². The van der Waals surface area contributed by atoms with Gasteiger partial charge in [-0.1, -0.05) is 12.1 Å². The first-order chi connectivity index (χ1) is 13.6. The smallest absolute Gasteiger partial charge is 0.236 e. The van der Waals surface area contributed by atoms with Gasteiger partial charge in [-0.15, -0.1) is 0 Å². The predicted octanol–water partition coefficient (Wildman–Crippen LogP) is 1.65. The molecule has 150 valence electrons. The van der Waals surface area contributed by atoms with E-state index in [0.717, 1.165) is 48.7 Å². The largest absolute Gasteiger partial charge is 0.378 e. The number of nitrogens with zero attached hydrogens (tertiary/aromatic N) is 5. The van der Waals surface area contributed by atoms with E-state index in [-0.39, 0.29) is 11.8 Å². The van der Waals surface area contributed by atoms with Gasteiger partial charge in [0.05, 0.1) is 36.7 Å². The maximum Gasteiger partial charge on any atom is 0.236 e. The topological polar surface area (TPSA) is 84.6 Å². The molecule has 1 amide bonds. The van der Waals surface area contributed by atoms with Crippen molar-refractivity contribution in [3.8, 4) is 11.3 Å². The molecule has 4 rings (SSSR count). The van der Waals surface area contributed by atoms with Crippen molar-refractivity contribution in [2.24, 2.45) is 0 Å². The molecule has 0 spiro atoms. The lowest BCUT2D eigenvalue weighted by Crippen LogP contribution is -2.45. The second-order valence-corrected chi connectivity index (χ2v) is 7.49. The van der Waals surface area contributed by atoms with Crippen LogP contribution in [0.5, 0.6) is 0 Å². The van der Waals surface area contributed by atoms with Gasteiger partial charge < -0.3 is 14.2 Å². The molecule has 1 unspecified atom stereocenters. The Hall–Kier alpha value is -2.32. The van der Waals surface area contributed by atoms with E-state index in [1.165, 1.54) is 0 Å². The summed E-state index contributed by atoms with van der Waals surface area (Å²) in [4.78, 5) is 26.0. The van der Waals surface area contributed by atoms with Gasteiger partial charge in [-0.25, -0.2) is 9.97 Å². The van der Waals surface area contributed by atoms with Crippen molar-refractivity contribution in [1.82, 2.24) is 24.9 Å². The van der Waals surface area contributed by atoms with Crippen molar-refractivity contribution < 1.29 is 14.1 Å². The van der Waals surface area contributed by atoms with Crippen LogP contribution in [0.1, 0.15) is 36.5 Å². The fourth-order valence-electron chi connectivity index (χ4n) is 3.90. The molecule has 2 aliphatic heterocycles. The molecule has 0 N–H and O–H groups in total. The maximum absolute atomic E-state index is 12.6. The number of hydrogen-bond acceptors (Lipinski definition) is 7. The number of likely N-dealkylation sites (tertiary alicyclic amines) is 1. The molecular formula is C20H27N5O3. The third-order valence-electron chi connectivity index (χ3n) is 5.46. The first-order valence-electron chi connectivity index (χ1n) is 10.0. The van der Waals surface area contributed by atoms with Gasteiger partial charge in [0.15, 0.2) is 5.76 Å². The number of hydrogen-bond donors (Lipinski definition) is 0. The third kappa shape index (κ3) is 4.07. The van der Waals surface area contributed by atoms with E-state index in [1.807, 2.05) is 24.1 Å². The van der Waals surface area contributed by atoms with Crippen LogP contribution in [0.2, 0.25) is 0 Å². The second kappa shape index (κ2) is 8.36. The molecule has 2 aliphatic rings. The fraction of sp³-hybridized carbons (Fsp3) is 0.600. The minimum Gasteiger partial charge on any atom is -0.378 e. The Bertz CT molecular complexity index is 831. The van der Waals surface area contributed by atoms with Crippen LogP contribution in [0.4, 0.5) is 0 Å². The van der Waals surface area contributed by atoms with E-state index in [1.54, 1.807) is 0 Å². The molecular weight excluding hydrogens is 358 g/mol. The number of rotatable bonds is 5. The lowest BCUT2D eigenvalue weighted by molar-refractivity contribution is -0.136. The van der Waals surface area contributed by atoms with E-state index < -0.39 is 0 Å². The number of aromatic nitrogens is 3. The van der Waals surface area contributed by atoms with Crippen molar-refractivity contribution in [3.05, 3.63) is 29.5 Å². The lowest BCUT2D eigenvalue weighted by Gasteiger charge is -2.28. The highest BCUT2D eigenvalue weighted by Crippen LogP contribution is 2.33. The van der Waals surface area contributed by atoms with Crippen molar-refractivity contribution >= 4 is 5.91 Å². The molecule has 0 bridgehead atoms. The van der Waals surface area contributed by atoms with Gasteiger partial charge in [-0.05, 0) is 19.9 Å². The Morgan fingerprint density at radius 2 is 2.11 bits per heavy atom. The van der Waals surface area contributed by atoms with Crippen LogP contribution in [-0.2, 0) is 16.0 Å². The van der Waals surface area contributed by atoms with Crippen LogP contribution in [0, 0.1) is 6.92 Å². The van der Waals surface area contributed by atoms with E-state index in [9.17, 15) is 4.79 Å². The minimum atomic E-state index is 0.187. The molecule has 1 atom stereocenters. The quantitative estimate of drug-likeness (QED) is 0.774. The zero-order valence-corrected chi connectivity index (χ0v) is 16.6. The molecule has 2 fully saturated rings. The maximum atomic E-state index is 12.6. The summed E-state index contributed by atoms with van der Waals surface area (Å²) in [7, 11) is 0. The Balaban J connectivity index is 1.49. The van der Waals surface area contributed by atoms with E-state index in [2.05, 4.69) is 22.0 Å². The van der Waals surface area contributed by atoms with Crippen LogP contribution >= 0.6 is 0 Å². The van der Waals surface area contributed by atoms with Crippen LogP contribution in [-0.4, -0.2) is 76.8 Å². The highest BCUT2D eigenvalue weighted by atomic mass is 16.5. The molecule has 0 radical (unpaired) electrons. The summed E-state index contributed by atoms with van der Waals surface area (Å²) in [6, 6.07) is 1.92. The molecule has 8 nitrogen and oxygen atoms in total. The van der Waals surface area contributed by atoms with Gasteiger partial charge >= 0.3 is 0 Å². The number of amides is 1. The number of morpholine rings is 1. The molecule has 0 aromatic carbocycles. The zero-order valence-electron chi connectivity index (χ0n) is 16.6. The molecule has 4 heterocycles. The summed E-state index contributed by atoms with van der Waals surface area (Å²) in [5.41, 5.74) is 2.75. The molecule has 0 saturated carbocycles. The fourth-order valence-corrected chi connectivity index (χ4v) is 3.90. The highest BCUT2D eigenvalue weighted by Gasteiger charge is 2.30. The van der Waals surface area contributed by atoms with Gasteiger partial charge in [0, 0.05) is 44.2 Å². The third-order valence-corrected chi connectivity index (χ3v) is 5.46. The zero-order chi connectivity index (χ0) is 19.5. The average Bonchev–Trinajstić information content (AvgIpc) is 3.37. The first-order valence-corrected chi connectivity index (χ1v) is 10.0. The Kier molecular flexibility index (Phi) is 5.68. The molecule has 0 aliphatic carbocycles. The summed E-state index contributed by atoms with van der Waals surface area (Å²) < 4.78 is 10.8. The van der Waals surface area contributed by atoms with Crippen molar-refractivity contribution in [3.63, 3.8) is 0 Å². The average molecular weight is 385 g/mol. The highest BCUT2D eigenvalue weighted by molar-refractivity contribution is 5.78. The van der Waals surface area contributed by atoms with Crippen LogP contribution in [0.15, 0.2) is 16.8 Å².